The van der Waals surface area contributed by atoms with Gasteiger partial charge in [0.15, 0.2) is 9.84 Å². The van der Waals surface area contributed by atoms with E-state index in [1.807, 2.05) is 0 Å². The second-order valence-electron chi connectivity index (χ2n) is 4.27. The molecule has 0 amide bonds. The Bertz CT molecular complexity index is 658. The number of hydrogen-bond acceptors (Lipinski definition) is 7. The molecule has 0 spiro atoms. The molecule has 20 heavy (non-hydrogen) atoms. The van der Waals surface area contributed by atoms with Crippen LogP contribution in [-0.4, -0.2) is 54.0 Å². The Morgan fingerprint density at radius 3 is 2.50 bits per heavy atom. The van der Waals surface area contributed by atoms with Gasteiger partial charge in [0.1, 0.15) is 0 Å². The van der Waals surface area contributed by atoms with E-state index >= 15 is 0 Å². The van der Waals surface area contributed by atoms with Crippen molar-refractivity contribution in [1.29, 1.82) is 0 Å². The molecule has 0 aliphatic carbocycles. The van der Waals surface area contributed by atoms with Crippen LogP contribution in [0.5, 0.6) is 0 Å². The lowest BCUT2D eigenvalue weighted by Crippen LogP contribution is -2.41. The van der Waals surface area contributed by atoms with Crippen LogP contribution in [0.4, 0.5) is 11.5 Å². The van der Waals surface area contributed by atoms with Gasteiger partial charge in [0.25, 0.3) is 0 Å². The monoisotopic (exact) mass is 301 g/mol. The third kappa shape index (κ3) is 2.85. The van der Waals surface area contributed by atoms with Gasteiger partial charge in [0, 0.05) is 25.4 Å². The zero-order valence-electron chi connectivity index (χ0n) is 10.2. The van der Waals surface area contributed by atoms with E-state index in [1.54, 1.807) is 0 Å². The number of aromatic nitrogens is 1. The van der Waals surface area contributed by atoms with Crippen molar-refractivity contribution in [2.24, 2.45) is 0 Å². The maximum absolute atomic E-state index is 11.3. The maximum Gasteiger partial charge on any atom is 0.337 e. The van der Waals surface area contributed by atoms with Crippen LogP contribution in [0, 0.1) is 10.1 Å². The summed E-state index contributed by atoms with van der Waals surface area (Å²) in [5, 5.41) is 19.8. The van der Waals surface area contributed by atoms with Crippen LogP contribution < -0.4 is 4.90 Å². The van der Waals surface area contributed by atoms with Crippen LogP contribution in [0.1, 0.15) is 10.4 Å². The van der Waals surface area contributed by atoms with E-state index < -0.39 is 26.4 Å². The molecule has 2 heterocycles. The van der Waals surface area contributed by atoms with Gasteiger partial charge in [0.2, 0.25) is 5.82 Å². The minimum Gasteiger partial charge on any atom is -0.478 e. The largest absolute Gasteiger partial charge is 0.478 e. The molecule has 0 aromatic carbocycles. The summed E-state index contributed by atoms with van der Waals surface area (Å²) in [5.41, 5.74) is -0.728. The second kappa shape index (κ2) is 5.04. The zero-order valence-corrected chi connectivity index (χ0v) is 11.0. The van der Waals surface area contributed by atoms with E-state index in [-0.39, 0.29) is 36.0 Å². The smallest absolute Gasteiger partial charge is 0.337 e. The van der Waals surface area contributed by atoms with Crippen molar-refractivity contribution >= 4 is 27.3 Å². The summed E-state index contributed by atoms with van der Waals surface area (Å²) < 4.78 is 22.7. The molecule has 0 radical (unpaired) electrons. The maximum atomic E-state index is 11.3. The number of aromatic carboxylic acids is 1. The van der Waals surface area contributed by atoms with Gasteiger partial charge in [-0.1, -0.05) is 0 Å². The summed E-state index contributed by atoms with van der Waals surface area (Å²) in [7, 11) is -3.11. The number of rotatable bonds is 3. The first-order valence-corrected chi connectivity index (χ1v) is 7.45. The molecule has 0 atom stereocenters. The molecular formula is C10H11N3O6S. The molecule has 1 aromatic rings. The van der Waals surface area contributed by atoms with Crippen LogP contribution in [0.2, 0.25) is 0 Å². The highest BCUT2D eigenvalue weighted by atomic mass is 32.2. The Morgan fingerprint density at radius 2 is 2.00 bits per heavy atom. The van der Waals surface area contributed by atoms with Crippen LogP contribution >= 0.6 is 0 Å². The van der Waals surface area contributed by atoms with Gasteiger partial charge in [-0.25, -0.2) is 18.2 Å². The summed E-state index contributed by atoms with van der Waals surface area (Å²) in [6.45, 7) is 0.200. The first-order valence-electron chi connectivity index (χ1n) is 5.63. The Balaban J connectivity index is 2.37. The highest BCUT2D eigenvalue weighted by molar-refractivity contribution is 7.91. The van der Waals surface area contributed by atoms with E-state index in [2.05, 4.69) is 4.98 Å². The Kier molecular flexibility index (Phi) is 3.57. The lowest BCUT2D eigenvalue weighted by Gasteiger charge is -2.27. The molecule has 9 nitrogen and oxygen atoms in total. The summed E-state index contributed by atoms with van der Waals surface area (Å²) in [6.07, 6.45) is 1.02. The minimum atomic E-state index is -3.11. The molecule has 1 aromatic heterocycles. The molecule has 2 rings (SSSR count). The molecule has 0 bridgehead atoms. The Hall–Kier alpha value is -2.23. The van der Waals surface area contributed by atoms with Gasteiger partial charge in [-0.2, -0.15) is 0 Å². The average molecular weight is 301 g/mol. The number of carbonyl (C=O) groups is 1. The van der Waals surface area contributed by atoms with Crippen molar-refractivity contribution in [3.05, 3.63) is 27.9 Å². The van der Waals surface area contributed by atoms with Crippen molar-refractivity contribution in [3.8, 4) is 0 Å². The van der Waals surface area contributed by atoms with E-state index in [0.29, 0.717) is 0 Å². The number of nitrogens with zero attached hydrogens (tertiary/aromatic N) is 3. The van der Waals surface area contributed by atoms with Crippen LogP contribution in [0.15, 0.2) is 12.3 Å². The summed E-state index contributed by atoms with van der Waals surface area (Å²) in [4.78, 5) is 26.3. The first-order chi connectivity index (χ1) is 9.30. The molecule has 10 heteroatoms. The number of sulfone groups is 1. The third-order valence-electron chi connectivity index (χ3n) is 2.93. The Morgan fingerprint density at radius 1 is 1.40 bits per heavy atom. The molecule has 1 aliphatic rings. The van der Waals surface area contributed by atoms with Gasteiger partial charge in [0.05, 0.1) is 22.0 Å². The standard InChI is InChI=1S/C10H11N3O6S/c14-10(15)7-5-8(13(16)17)9(11-6-7)12-1-3-20(18,19)4-2-12/h5-6H,1-4H2,(H,14,15). The summed E-state index contributed by atoms with van der Waals surface area (Å²) in [5.74, 6) is -1.53. The fourth-order valence-electron chi connectivity index (χ4n) is 1.87. The topological polar surface area (TPSA) is 131 Å². The highest BCUT2D eigenvalue weighted by Gasteiger charge is 2.28. The van der Waals surface area contributed by atoms with Crippen molar-refractivity contribution in [2.75, 3.05) is 29.5 Å². The van der Waals surface area contributed by atoms with Crippen LogP contribution in [0.3, 0.4) is 0 Å². The molecule has 1 fully saturated rings. The van der Waals surface area contributed by atoms with Gasteiger partial charge in [-0.3, -0.25) is 10.1 Å². The average Bonchev–Trinajstić information content (AvgIpc) is 2.38. The number of pyridine rings is 1. The van der Waals surface area contributed by atoms with E-state index in [9.17, 15) is 23.3 Å². The number of carboxylic acid groups (broad SMARTS) is 1. The molecule has 108 valence electrons. The lowest BCUT2D eigenvalue weighted by molar-refractivity contribution is -0.384. The van der Waals surface area contributed by atoms with Gasteiger partial charge in [-0.05, 0) is 0 Å². The number of hydrogen-bond donors (Lipinski definition) is 1. The number of carboxylic acids is 1. The minimum absolute atomic E-state index is 0.00472. The molecule has 1 N–H and O–H groups in total. The quantitative estimate of drug-likeness (QED) is 0.606. The normalized spacial score (nSPS) is 17.7. The van der Waals surface area contributed by atoms with Gasteiger partial charge < -0.3 is 10.0 Å². The van der Waals surface area contributed by atoms with E-state index in [4.69, 9.17) is 5.11 Å². The zero-order chi connectivity index (χ0) is 14.9. The summed E-state index contributed by atoms with van der Waals surface area (Å²) >= 11 is 0. The third-order valence-corrected chi connectivity index (χ3v) is 4.54. The second-order valence-corrected chi connectivity index (χ2v) is 6.57. The molecule has 1 saturated heterocycles. The van der Waals surface area contributed by atoms with Crippen LogP contribution in [0.25, 0.3) is 0 Å². The fraction of sp³-hybridized carbons (Fsp3) is 0.400. The molecule has 1 aliphatic heterocycles. The van der Waals surface area contributed by atoms with E-state index in [1.165, 1.54) is 4.90 Å². The lowest BCUT2D eigenvalue weighted by atomic mass is 10.2. The molecule has 0 unspecified atom stereocenters. The fourth-order valence-corrected chi connectivity index (χ4v) is 3.07. The highest BCUT2D eigenvalue weighted by Crippen LogP contribution is 2.27. The van der Waals surface area contributed by atoms with Gasteiger partial charge in [-0.15, -0.1) is 0 Å². The summed E-state index contributed by atoms with van der Waals surface area (Å²) in [6, 6.07) is 0.924. The van der Waals surface area contributed by atoms with Gasteiger partial charge >= 0.3 is 11.7 Å². The van der Waals surface area contributed by atoms with Crippen molar-refractivity contribution in [1.82, 2.24) is 4.98 Å². The molecule has 0 saturated carbocycles. The first kappa shape index (κ1) is 14.2. The van der Waals surface area contributed by atoms with Crippen LogP contribution in [-0.2, 0) is 9.84 Å². The van der Waals surface area contributed by atoms with Crippen molar-refractivity contribution in [3.63, 3.8) is 0 Å². The molecular weight excluding hydrogens is 290 g/mol. The van der Waals surface area contributed by atoms with E-state index in [0.717, 1.165) is 12.3 Å². The van der Waals surface area contributed by atoms with Crippen molar-refractivity contribution in [2.45, 2.75) is 0 Å². The number of anilines is 1. The number of nitro groups is 1. The van der Waals surface area contributed by atoms with Crippen molar-refractivity contribution < 1.29 is 23.2 Å². The predicted octanol–water partition coefficient (Wildman–Crippen LogP) is -0.0772. The SMILES string of the molecule is O=C(O)c1cnc(N2CCS(=O)(=O)CC2)c([N+](=O)[O-])c1. The Labute approximate surface area is 113 Å². The predicted molar refractivity (Wildman–Crippen MR) is 68.7 cm³/mol.